The van der Waals surface area contributed by atoms with Gasteiger partial charge in [0.25, 0.3) is 5.56 Å². The van der Waals surface area contributed by atoms with Crippen LogP contribution in [0.4, 0.5) is 0 Å². The van der Waals surface area contributed by atoms with Gasteiger partial charge >= 0.3 is 5.97 Å². The van der Waals surface area contributed by atoms with Crippen molar-refractivity contribution in [2.24, 2.45) is 0 Å². The first-order valence-corrected chi connectivity index (χ1v) is 6.87. The summed E-state index contributed by atoms with van der Waals surface area (Å²) < 4.78 is 1.23. The van der Waals surface area contributed by atoms with Crippen LogP contribution in [0.1, 0.15) is 34.8 Å². The van der Waals surface area contributed by atoms with Gasteiger partial charge in [-0.1, -0.05) is 19.1 Å². The second-order valence-electron chi connectivity index (χ2n) is 5.08. The van der Waals surface area contributed by atoms with E-state index in [4.69, 9.17) is 0 Å². The zero-order valence-electron chi connectivity index (χ0n) is 12.4. The lowest BCUT2D eigenvalue weighted by atomic mass is 10.0. The Balaban J connectivity index is 2.65. The van der Waals surface area contributed by atoms with Crippen molar-refractivity contribution in [1.82, 2.24) is 9.78 Å². The van der Waals surface area contributed by atoms with Gasteiger partial charge in [-0.15, -0.1) is 0 Å². The molecule has 0 saturated carbocycles. The maximum Gasteiger partial charge on any atom is 0.341 e. The molecule has 21 heavy (non-hydrogen) atoms. The fraction of sp³-hybridized carbons (Fsp3) is 0.312. The molecule has 1 aromatic carbocycles. The summed E-state index contributed by atoms with van der Waals surface area (Å²) in [6.07, 6.45) is 0.711. The predicted molar refractivity (Wildman–Crippen MR) is 80.7 cm³/mol. The van der Waals surface area contributed by atoms with E-state index < -0.39 is 11.5 Å². The van der Waals surface area contributed by atoms with E-state index >= 15 is 0 Å². The van der Waals surface area contributed by atoms with E-state index in [1.807, 2.05) is 39.0 Å². The summed E-state index contributed by atoms with van der Waals surface area (Å²) in [5, 5.41) is 13.5. The van der Waals surface area contributed by atoms with Gasteiger partial charge in [-0.2, -0.15) is 5.10 Å². The number of aromatic carboxylic acids is 1. The summed E-state index contributed by atoms with van der Waals surface area (Å²) in [6.45, 7) is 6.31. The van der Waals surface area contributed by atoms with Crippen LogP contribution < -0.4 is 5.56 Å². The molecule has 0 aliphatic rings. The second kappa shape index (κ2) is 5.91. The van der Waals surface area contributed by atoms with Gasteiger partial charge in [0.05, 0.1) is 5.69 Å². The molecular formula is C16H18N2O3. The minimum atomic E-state index is -1.22. The minimum absolute atomic E-state index is 0.244. The number of aromatic nitrogens is 2. The molecule has 1 heterocycles. The zero-order chi connectivity index (χ0) is 15.6. The molecule has 0 bridgehead atoms. The lowest BCUT2D eigenvalue weighted by Gasteiger charge is -2.09. The molecule has 0 saturated heterocycles. The first-order chi connectivity index (χ1) is 9.93. The molecule has 0 aliphatic carbocycles. The zero-order valence-corrected chi connectivity index (χ0v) is 12.4. The normalized spacial score (nSPS) is 10.6. The smallest absolute Gasteiger partial charge is 0.341 e. The maximum absolute atomic E-state index is 12.0. The van der Waals surface area contributed by atoms with E-state index in [2.05, 4.69) is 5.10 Å². The Morgan fingerprint density at radius 1 is 1.24 bits per heavy atom. The van der Waals surface area contributed by atoms with E-state index in [1.54, 1.807) is 0 Å². The Bertz CT molecular complexity index is 748. The van der Waals surface area contributed by atoms with Crippen molar-refractivity contribution in [3.63, 3.8) is 0 Å². The van der Waals surface area contributed by atoms with Crippen LogP contribution >= 0.6 is 0 Å². The molecule has 0 atom stereocenters. The number of rotatable bonds is 4. The SMILES string of the molecule is CCCn1nc(-c2ccc(C)c(C)c2)cc(C(=O)O)c1=O. The van der Waals surface area contributed by atoms with Gasteiger partial charge in [0.15, 0.2) is 0 Å². The van der Waals surface area contributed by atoms with Gasteiger partial charge in [-0.05, 0) is 43.5 Å². The highest BCUT2D eigenvalue weighted by molar-refractivity contribution is 5.88. The summed E-state index contributed by atoms with van der Waals surface area (Å²) in [7, 11) is 0. The second-order valence-corrected chi connectivity index (χ2v) is 5.08. The Morgan fingerprint density at radius 2 is 1.95 bits per heavy atom. The van der Waals surface area contributed by atoms with Gasteiger partial charge < -0.3 is 5.11 Å². The summed E-state index contributed by atoms with van der Waals surface area (Å²) in [6, 6.07) is 7.14. The van der Waals surface area contributed by atoms with Gasteiger partial charge in [0.1, 0.15) is 5.56 Å². The highest BCUT2D eigenvalue weighted by atomic mass is 16.4. The monoisotopic (exact) mass is 286 g/mol. The van der Waals surface area contributed by atoms with Crippen LogP contribution in [0.25, 0.3) is 11.3 Å². The summed E-state index contributed by atoms with van der Waals surface area (Å²) in [4.78, 5) is 23.3. The van der Waals surface area contributed by atoms with Crippen molar-refractivity contribution in [2.75, 3.05) is 0 Å². The van der Waals surface area contributed by atoms with E-state index in [-0.39, 0.29) is 5.56 Å². The van der Waals surface area contributed by atoms with Crippen molar-refractivity contribution in [1.29, 1.82) is 0 Å². The molecule has 0 fully saturated rings. The average Bonchev–Trinajstić information content (AvgIpc) is 2.44. The molecule has 5 nitrogen and oxygen atoms in total. The van der Waals surface area contributed by atoms with Crippen LogP contribution in [-0.2, 0) is 6.54 Å². The molecule has 110 valence electrons. The Hall–Kier alpha value is -2.43. The Morgan fingerprint density at radius 3 is 2.52 bits per heavy atom. The molecule has 0 aliphatic heterocycles. The maximum atomic E-state index is 12.0. The first kappa shape index (κ1) is 15.0. The minimum Gasteiger partial charge on any atom is -0.477 e. The van der Waals surface area contributed by atoms with Crippen molar-refractivity contribution >= 4 is 5.97 Å². The number of carboxylic acid groups (broad SMARTS) is 1. The third kappa shape index (κ3) is 3.02. The standard InChI is InChI=1S/C16H18N2O3/c1-4-7-18-15(19)13(16(20)21)9-14(17-18)12-6-5-10(2)11(3)8-12/h5-6,8-9H,4,7H2,1-3H3,(H,20,21). The molecular weight excluding hydrogens is 268 g/mol. The third-order valence-electron chi connectivity index (χ3n) is 3.44. The summed E-state index contributed by atoms with van der Waals surface area (Å²) in [5.74, 6) is -1.22. The van der Waals surface area contributed by atoms with Crippen LogP contribution in [0.3, 0.4) is 0 Å². The Labute approximate surface area is 122 Å². The molecule has 1 N–H and O–H groups in total. The van der Waals surface area contributed by atoms with E-state index in [1.165, 1.54) is 10.7 Å². The van der Waals surface area contributed by atoms with E-state index in [9.17, 15) is 14.7 Å². The van der Waals surface area contributed by atoms with Crippen LogP contribution in [0.15, 0.2) is 29.1 Å². The number of nitrogens with zero attached hydrogens (tertiary/aromatic N) is 2. The van der Waals surface area contributed by atoms with E-state index in [0.29, 0.717) is 18.7 Å². The van der Waals surface area contributed by atoms with Crippen LogP contribution in [-0.4, -0.2) is 20.9 Å². The van der Waals surface area contributed by atoms with Gasteiger partial charge in [-0.3, -0.25) is 4.79 Å². The van der Waals surface area contributed by atoms with E-state index in [0.717, 1.165) is 16.7 Å². The molecule has 0 amide bonds. The number of hydrogen-bond donors (Lipinski definition) is 1. The number of benzene rings is 1. The predicted octanol–water partition coefficient (Wildman–Crippen LogP) is 2.64. The highest BCUT2D eigenvalue weighted by Gasteiger charge is 2.15. The molecule has 2 aromatic rings. The fourth-order valence-corrected chi connectivity index (χ4v) is 2.10. The topological polar surface area (TPSA) is 72.2 Å². The van der Waals surface area contributed by atoms with Crippen LogP contribution in [0, 0.1) is 13.8 Å². The number of hydrogen-bond acceptors (Lipinski definition) is 3. The van der Waals surface area contributed by atoms with Crippen LogP contribution in [0.5, 0.6) is 0 Å². The molecule has 0 spiro atoms. The molecule has 5 heteroatoms. The quantitative estimate of drug-likeness (QED) is 0.937. The van der Waals surface area contributed by atoms with Gasteiger partial charge in [0.2, 0.25) is 0 Å². The fourth-order valence-electron chi connectivity index (χ4n) is 2.10. The van der Waals surface area contributed by atoms with Gasteiger partial charge in [0, 0.05) is 12.1 Å². The number of aryl methyl sites for hydroxylation is 3. The largest absolute Gasteiger partial charge is 0.477 e. The number of carbonyl (C=O) groups is 1. The summed E-state index contributed by atoms with van der Waals surface area (Å²) in [5.41, 5.74) is 2.76. The molecule has 2 rings (SSSR count). The highest BCUT2D eigenvalue weighted by Crippen LogP contribution is 2.20. The first-order valence-electron chi connectivity index (χ1n) is 6.87. The lowest BCUT2D eigenvalue weighted by Crippen LogP contribution is -2.28. The third-order valence-corrected chi connectivity index (χ3v) is 3.44. The average molecular weight is 286 g/mol. The Kier molecular flexibility index (Phi) is 4.21. The molecule has 0 radical (unpaired) electrons. The number of carboxylic acids is 1. The molecule has 0 unspecified atom stereocenters. The van der Waals surface area contributed by atoms with Crippen molar-refractivity contribution in [2.45, 2.75) is 33.7 Å². The van der Waals surface area contributed by atoms with Crippen LogP contribution in [0.2, 0.25) is 0 Å². The molecule has 1 aromatic heterocycles. The van der Waals surface area contributed by atoms with Crippen molar-refractivity contribution < 1.29 is 9.90 Å². The van der Waals surface area contributed by atoms with Crippen molar-refractivity contribution in [3.05, 3.63) is 51.3 Å². The van der Waals surface area contributed by atoms with Crippen molar-refractivity contribution in [3.8, 4) is 11.3 Å². The van der Waals surface area contributed by atoms with Gasteiger partial charge in [-0.25, -0.2) is 9.48 Å². The lowest BCUT2D eigenvalue weighted by molar-refractivity contribution is 0.0693. The summed E-state index contributed by atoms with van der Waals surface area (Å²) >= 11 is 0.